The molecule has 0 N–H and O–H groups in total. The molecule has 0 aromatic rings. The second-order valence-corrected chi connectivity index (χ2v) is 22.7. The Labute approximate surface area is 446 Å². The SMILES string of the molecule is CCCCCCCCCC/C=C\CCCCCCCCCCCC(=O)OC(COC(=O)CCCCCCCCCCCCCCCCCCCCCCCCCCCC)COC(OCC[N+](C)(C)C)C(=O)[O-]. The molecule has 0 saturated heterocycles. The van der Waals surface area contributed by atoms with Gasteiger partial charge in [0.1, 0.15) is 13.2 Å². The Kier molecular flexibility index (Phi) is 53.8. The molecule has 0 spiro atoms. The second-order valence-electron chi connectivity index (χ2n) is 22.7. The van der Waals surface area contributed by atoms with E-state index >= 15 is 0 Å². The lowest BCUT2D eigenvalue weighted by atomic mass is 10.0. The van der Waals surface area contributed by atoms with E-state index in [0.29, 0.717) is 23.9 Å². The van der Waals surface area contributed by atoms with E-state index in [0.717, 1.165) is 32.1 Å². The Bertz CT molecular complexity index is 1190. The fraction of sp³-hybridized carbons (Fsp3) is 0.921. The van der Waals surface area contributed by atoms with Crippen molar-refractivity contribution in [2.45, 2.75) is 328 Å². The molecule has 0 fully saturated rings. The fourth-order valence-corrected chi connectivity index (χ4v) is 9.42. The van der Waals surface area contributed by atoms with Crippen LogP contribution in [-0.4, -0.2) is 82.3 Å². The van der Waals surface area contributed by atoms with E-state index in [1.54, 1.807) is 0 Å². The minimum atomic E-state index is -1.62. The number of carbonyl (C=O) groups excluding carboxylic acids is 3. The van der Waals surface area contributed by atoms with Gasteiger partial charge in [-0.05, 0) is 38.5 Å². The zero-order valence-corrected chi connectivity index (χ0v) is 48.6. The number of ether oxygens (including phenoxy) is 4. The summed E-state index contributed by atoms with van der Waals surface area (Å²) < 4.78 is 22.8. The summed E-state index contributed by atoms with van der Waals surface area (Å²) in [7, 11) is 5.94. The Hall–Kier alpha value is -1.97. The largest absolute Gasteiger partial charge is 0.545 e. The van der Waals surface area contributed by atoms with Crippen LogP contribution >= 0.6 is 0 Å². The van der Waals surface area contributed by atoms with Gasteiger partial charge in [-0.15, -0.1) is 0 Å². The lowest BCUT2D eigenvalue weighted by molar-refractivity contribution is -0.870. The Morgan fingerprint density at radius 3 is 1.03 bits per heavy atom. The van der Waals surface area contributed by atoms with Gasteiger partial charge in [0, 0.05) is 12.8 Å². The molecule has 0 aliphatic heterocycles. The molecular formula is C63H121NO8. The van der Waals surface area contributed by atoms with Gasteiger partial charge in [-0.3, -0.25) is 9.59 Å². The Morgan fingerprint density at radius 1 is 0.403 bits per heavy atom. The highest BCUT2D eigenvalue weighted by atomic mass is 16.7. The number of hydrogen-bond donors (Lipinski definition) is 0. The molecular weight excluding hydrogens is 899 g/mol. The first-order valence-electron chi connectivity index (χ1n) is 31.3. The molecule has 72 heavy (non-hydrogen) atoms. The minimum Gasteiger partial charge on any atom is -0.545 e. The van der Waals surface area contributed by atoms with E-state index < -0.39 is 24.3 Å². The van der Waals surface area contributed by atoms with Crippen LogP contribution in [0, 0.1) is 0 Å². The fourth-order valence-electron chi connectivity index (χ4n) is 9.42. The first kappa shape index (κ1) is 70.0. The molecule has 2 unspecified atom stereocenters. The number of aliphatic carboxylic acids is 1. The summed E-state index contributed by atoms with van der Waals surface area (Å²) in [6, 6.07) is 0. The third-order valence-electron chi connectivity index (χ3n) is 14.3. The van der Waals surface area contributed by atoms with Crippen molar-refractivity contribution in [3.8, 4) is 0 Å². The number of nitrogens with zero attached hydrogens (tertiary/aromatic N) is 1. The van der Waals surface area contributed by atoms with Crippen LogP contribution < -0.4 is 5.11 Å². The summed E-state index contributed by atoms with van der Waals surface area (Å²) in [4.78, 5) is 37.3. The molecule has 9 heteroatoms. The monoisotopic (exact) mass is 1020 g/mol. The van der Waals surface area contributed by atoms with Crippen LogP contribution in [0.15, 0.2) is 12.2 Å². The lowest BCUT2D eigenvalue weighted by Crippen LogP contribution is -2.44. The predicted molar refractivity (Wildman–Crippen MR) is 302 cm³/mol. The van der Waals surface area contributed by atoms with Crippen molar-refractivity contribution in [3.63, 3.8) is 0 Å². The topological polar surface area (TPSA) is 111 Å². The van der Waals surface area contributed by atoms with Crippen molar-refractivity contribution >= 4 is 17.9 Å². The molecule has 0 radical (unpaired) electrons. The van der Waals surface area contributed by atoms with Gasteiger partial charge in [0.2, 0.25) is 0 Å². The maximum Gasteiger partial charge on any atom is 0.306 e. The molecule has 0 heterocycles. The number of quaternary nitrogens is 1. The van der Waals surface area contributed by atoms with Crippen molar-refractivity contribution in [2.24, 2.45) is 0 Å². The molecule has 426 valence electrons. The summed E-state index contributed by atoms with van der Waals surface area (Å²) in [5, 5.41) is 11.8. The van der Waals surface area contributed by atoms with Gasteiger partial charge in [0.25, 0.3) is 0 Å². The molecule has 0 amide bonds. The molecule has 0 aromatic heterocycles. The smallest absolute Gasteiger partial charge is 0.306 e. The van der Waals surface area contributed by atoms with Crippen molar-refractivity contribution < 1.29 is 42.9 Å². The van der Waals surface area contributed by atoms with Gasteiger partial charge in [0.15, 0.2) is 12.4 Å². The highest BCUT2D eigenvalue weighted by Gasteiger charge is 2.22. The Morgan fingerprint density at radius 2 is 0.708 bits per heavy atom. The number of unbranched alkanes of at least 4 members (excludes halogenated alkanes) is 42. The van der Waals surface area contributed by atoms with Crippen molar-refractivity contribution in [1.82, 2.24) is 0 Å². The predicted octanol–water partition coefficient (Wildman–Crippen LogP) is 17.2. The highest BCUT2D eigenvalue weighted by molar-refractivity contribution is 5.70. The number of hydrogen-bond acceptors (Lipinski definition) is 8. The normalized spacial score (nSPS) is 12.7. The van der Waals surface area contributed by atoms with E-state index in [1.807, 2.05) is 21.1 Å². The van der Waals surface area contributed by atoms with E-state index in [2.05, 4.69) is 26.0 Å². The van der Waals surface area contributed by atoms with Gasteiger partial charge in [-0.1, -0.05) is 276 Å². The maximum atomic E-state index is 12.9. The van der Waals surface area contributed by atoms with Crippen LogP contribution in [0.3, 0.4) is 0 Å². The Balaban J connectivity index is 4.14. The van der Waals surface area contributed by atoms with E-state index in [4.69, 9.17) is 18.9 Å². The van der Waals surface area contributed by atoms with Gasteiger partial charge in [0.05, 0.1) is 40.3 Å². The number of carbonyl (C=O) groups is 3. The van der Waals surface area contributed by atoms with Crippen LogP contribution in [0.25, 0.3) is 0 Å². The molecule has 0 bridgehead atoms. The molecule has 0 rings (SSSR count). The van der Waals surface area contributed by atoms with Gasteiger partial charge in [-0.2, -0.15) is 0 Å². The number of carboxylic acids is 1. The van der Waals surface area contributed by atoms with E-state index in [-0.39, 0.29) is 32.2 Å². The molecule has 0 aromatic carbocycles. The van der Waals surface area contributed by atoms with E-state index in [1.165, 1.54) is 250 Å². The number of likely N-dealkylation sites (N-methyl/N-ethyl adjacent to an activating group) is 1. The van der Waals surface area contributed by atoms with Gasteiger partial charge < -0.3 is 33.3 Å². The molecule has 9 nitrogen and oxygen atoms in total. The molecule has 0 aliphatic rings. The van der Waals surface area contributed by atoms with Gasteiger partial charge in [-0.25, -0.2) is 0 Å². The minimum absolute atomic E-state index is 0.151. The second kappa shape index (κ2) is 55.3. The van der Waals surface area contributed by atoms with Crippen LogP contribution in [0.1, 0.15) is 316 Å². The summed E-state index contributed by atoms with van der Waals surface area (Å²) in [6.45, 7) is 4.81. The number of allylic oxidation sites excluding steroid dienone is 2. The highest BCUT2D eigenvalue weighted by Crippen LogP contribution is 2.18. The zero-order valence-electron chi connectivity index (χ0n) is 48.6. The molecule has 0 aliphatic carbocycles. The van der Waals surface area contributed by atoms with Crippen LogP contribution in [0.5, 0.6) is 0 Å². The summed E-state index contributed by atoms with van der Waals surface area (Å²) in [5.74, 6) is -2.26. The van der Waals surface area contributed by atoms with Crippen LogP contribution in [0.4, 0.5) is 0 Å². The van der Waals surface area contributed by atoms with Crippen LogP contribution in [-0.2, 0) is 33.3 Å². The summed E-state index contributed by atoms with van der Waals surface area (Å²) >= 11 is 0. The lowest BCUT2D eigenvalue weighted by Gasteiger charge is -2.26. The zero-order chi connectivity index (χ0) is 52.7. The average Bonchev–Trinajstić information content (AvgIpc) is 3.35. The third-order valence-corrected chi connectivity index (χ3v) is 14.3. The summed E-state index contributed by atoms with van der Waals surface area (Å²) in [5.41, 5.74) is 0. The van der Waals surface area contributed by atoms with Crippen LogP contribution in [0.2, 0.25) is 0 Å². The van der Waals surface area contributed by atoms with Crippen molar-refractivity contribution in [2.75, 3.05) is 47.5 Å². The first-order chi connectivity index (χ1) is 35.1. The van der Waals surface area contributed by atoms with Gasteiger partial charge >= 0.3 is 11.9 Å². The summed E-state index contributed by atoms with van der Waals surface area (Å²) in [6.07, 6.45) is 61.3. The number of carboxylic acid groups (broad SMARTS) is 1. The standard InChI is InChI=1S/C63H121NO8/c1-6-8-10-12-14-16-18-20-22-24-26-28-29-30-31-32-34-35-37-39-41-43-45-47-49-51-53-60(65)70-57-59(58-71-63(62(67)68)69-56-55-64(3,4)5)72-61(66)54-52-50-48-46-44-42-40-38-36-33-27-25-23-21-19-17-15-13-11-9-7-2/h25,27,59,63H,6-24,26,28-58H2,1-5H3/b27-25-. The van der Waals surface area contributed by atoms with Crippen molar-refractivity contribution in [1.29, 1.82) is 0 Å². The van der Waals surface area contributed by atoms with Crippen molar-refractivity contribution in [3.05, 3.63) is 12.2 Å². The third kappa shape index (κ3) is 55.8. The number of esters is 2. The quantitative estimate of drug-likeness (QED) is 0.0195. The molecule has 0 saturated carbocycles. The van der Waals surface area contributed by atoms with E-state index in [9.17, 15) is 19.5 Å². The maximum absolute atomic E-state index is 12.9. The average molecular weight is 1020 g/mol. The number of rotatable bonds is 59. The molecule has 2 atom stereocenters. The first-order valence-corrected chi connectivity index (χ1v) is 31.3.